The molecule has 5 nitrogen and oxygen atoms in total. The third kappa shape index (κ3) is 4.29. The minimum atomic E-state index is -1.04. The number of carbonyl (C=O) groups excluding carboxylic acids is 1. The molecule has 0 saturated carbocycles. The van der Waals surface area contributed by atoms with Gasteiger partial charge >= 0.3 is 5.97 Å². The van der Waals surface area contributed by atoms with Crippen molar-refractivity contribution in [3.63, 3.8) is 0 Å². The fourth-order valence-electron chi connectivity index (χ4n) is 0.993. The molecule has 0 aromatic carbocycles. The summed E-state index contributed by atoms with van der Waals surface area (Å²) < 4.78 is 0. The van der Waals surface area contributed by atoms with Crippen molar-refractivity contribution in [2.45, 2.75) is 46.2 Å². The first-order valence-electron chi connectivity index (χ1n) is 4.99. The molecule has 4 N–H and O–H groups in total. The van der Waals surface area contributed by atoms with Gasteiger partial charge in [-0.05, 0) is 11.8 Å². The Balaban J connectivity index is 4.42. The summed E-state index contributed by atoms with van der Waals surface area (Å²) in [7, 11) is 0. The van der Waals surface area contributed by atoms with E-state index in [1.165, 1.54) is 0 Å². The summed E-state index contributed by atoms with van der Waals surface area (Å²) in [6, 6.07) is -1.56. The predicted octanol–water partition coefficient (Wildman–Crippen LogP) is 0.339. The highest BCUT2D eigenvalue weighted by Crippen LogP contribution is 2.17. The Morgan fingerprint density at radius 1 is 1.40 bits per heavy atom. The van der Waals surface area contributed by atoms with Crippen molar-refractivity contribution in [3.05, 3.63) is 0 Å². The SMILES string of the molecule is CCC(NC(=O)[C@@H](N)C(C)(C)C)C(=O)O. The molecule has 0 spiro atoms. The smallest absolute Gasteiger partial charge is 0.326 e. The van der Waals surface area contributed by atoms with Gasteiger partial charge in [0.05, 0.1) is 6.04 Å². The summed E-state index contributed by atoms with van der Waals surface area (Å²) >= 11 is 0. The molecular weight excluding hydrogens is 196 g/mol. The summed E-state index contributed by atoms with van der Waals surface area (Å²) in [6.07, 6.45) is 0.345. The lowest BCUT2D eigenvalue weighted by atomic mass is 9.87. The van der Waals surface area contributed by atoms with Crippen molar-refractivity contribution in [2.24, 2.45) is 11.1 Å². The summed E-state index contributed by atoms with van der Waals surface area (Å²) in [5.41, 5.74) is 5.32. The number of amides is 1. The van der Waals surface area contributed by atoms with Crippen LogP contribution in [0.4, 0.5) is 0 Å². The maximum Gasteiger partial charge on any atom is 0.326 e. The van der Waals surface area contributed by atoms with Crippen LogP contribution in [0.1, 0.15) is 34.1 Å². The lowest BCUT2D eigenvalue weighted by molar-refractivity contribution is -0.142. The number of carboxylic acid groups (broad SMARTS) is 1. The van der Waals surface area contributed by atoms with Crippen LogP contribution in [0.2, 0.25) is 0 Å². The van der Waals surface area contributed by atoms with E-state index in [0.29, 0.717) is 6.42 Å². The zero-order valence-electron chi connectivity index (χ0n) is 9.70. The Bertz CT molecular complexity index is 246. The summed E-state index contributed by atoms with van der Waals surface area (Å²) in [4.78, 5) is 22.2. The maximum absolute atomic E-state index is 11.6. The molecule has 15 heavy (non-hydrogen) atoms. The largest absolute Gasteiger partial charge is 0.480 e. The van der Waals surface area contributed by atoms with Gasteiger partial charge in [-0.15, -0.1) is 0 Å². The lowest BCUT2D eigenvalue weighted by Gasteiger charge is -2.27. The number of hydrogen-bond acceptors (Lipinski definition) is 3. The molecule has 0 radical (unpaired) electrons. The summed E-state index contributed by atoms with van der Waals surface area (Å²) in [5.74, 6) is -1.45. The number of hydrogen-bond donors (Lipinski definition) is 3. The van der Waals surface area contributed by atoms with Gasteiger partial charge in [-0.3, -0.25) is 4.79 Å². The first-order valence-corrected chi connectivity index (χ1v) is 4.99. The Hall–Kier alpha value is -1.10. The van der Waals surface area contributed by atoms with Crippen LogP contribution in [0.15, 0.2) is 0 Å². The van der Waals surface area contributed by atoms with E-state index in [9.17, 15) is 9.59 Å². The molecule has 0 saturated heterocycles. The molecule has 88 valence electrons. The van der Waals surface area contributed by atoms with Gasteiger partial charge in [0, 0.05) is 0 Å². The number of carboxylic acids is 1. The van der Waals surface area contributed by atoms with E-state index in [4.69, 9.17) is 10.8 Å². The molecule has 0 bridgehead atoms. The molecule has 1 amide bonds. The molecule has 0 aromatic heterocycles. The second-order valence-corrected chi connectivity index (χ2v) is 4.65. The van der Waals surface area contributed by atoms with E-state index >= 15 is 0 Å². The topological polar surface area (TPSA) is 92.4 Å². The molecule has 0 fully saturated rings. The number of nitrogens with one attached hydrogen (secondary N) is 1. The van der Waals surface area contributed by atoms with Gasteiger partial charge in [0.1, 0.15) is 6.04 Å². The zero-order valence-corrected chi connectivity index (χ0v) is 9.70. The number of aliphatic carboxylic acids is 1. The van der Waals surface area contributed by atoms with Gasteiger partial charge in [-0.1, -0.05) is 27.7 Å². The maximum atomic E-state index is 11.6. The number of nitrogens with two attached hydrogens (primary N) is 1. The van der Waals surface area contributed by atoms with Crippen LogP contribution < -0.4 is 11.1 Å². The lowest BCUT2D eigenvalue weighted by Crippen LogP contribution is -2.53. The monoisotopic (exact) mass is 216 g/mol. The van der Waals surface area contributed by atoms with E-state index < -0.39 is 24.0 Å². The molecule has 1 unspecified atom stereocenters. The first kappa shape index (κ1) is 13.9. The third-order valence-electron chi connectivity index (χ3n) is 2.24. The van der Waals surface area contributed by atoms with Crippen molar-refractivity contribution in [2.75, 3.05) is 0 Å². The molecule has 0 aliphatic heterocycles. The highest BCUT2D eigenvalue weighted by molar-refractivity contribution is 5.87. The van der Waals surface area contributed by atoms with Gasteiger partial charge < -0.3 is 16.2 Å². The normalized spacial score (nSPS) is 15.5. The van der Waals surface area contributed by atoms with Crippen LogP contribution in [0.5, 0.6) is 0 Å². The standard InChI is InChI=1S/C10H20N2O3/c1-5-6(9(14)15)12-8(13)7(11)10(2,3)4/h6-7H,5,11H2,1-4H3,(H,12,13)(H,14,15)/t6?,7-/m1/s1. The molecule has 0 aromatic rings. The third-order valence-corrected chi connectivity index (χ3v) is 2.24. The number of rotatable bonds is 4. The fourth-order valence-corrected chi connectivity index (χ4v) is 0.993. The van der Waals surface area contributed by atoms with E-state index in [1.807, 2.05) is 20.8 Å². The molecule has 0 heterocycles. The molecule has 0 aliphatic rings. The highest BCUT2D eigenvalue weighted by atomic mass is 16.4. The van der Waals surface area contributed by atoms with Crippen LogP contribution in [0.3, 0.4) is 0 Å². The molecule has 0 aliphatic carbocycles. The van der Waals surface area contributed by atoms with Crippen molar-refractivity contribution in [1.82, 2.24) is 5.32 Å². The summed E-state index contributed by atoms with van der Waals surface area (Å²) in [6.45, 7) is 7.19. The molecule has 0 rings (SSSR count). The quantitative estimate of drug-likeness (QED) is 0.631. The minimum Gasteiger partial charge on any atom is -0.480 e. The summed E-state index contributed by atoms with van der Waals surface area (Å²) in [5, 5.41) is 11.2. The van der Waals surface area contributed by atoms with Gasteiger partial charge in [0.25, 0.3) is 0 Å². The minimum absolute atomic E-state index is 0.345. The Morgan fingerprint density at radius 3 is 2.13 bits per heavy atom. The van der Waals surface area contributed by atoms with Crippen molar-refractivity contribution in [3.8, 4) is 0 Å². The number of carbonyl (C=O) groups is 2. The second-order valence-electron chi connectivity index (χ2n) is 4.65. The Morgan fingerprint density at radius 2 is 1.87 bits per heavy atom. The molecule has 5 heteroatoms. The predicted molar refractivity (Wildman–Crippen MR) is 57.3 cm³/mol. The van der Waals surface area contributed by atoms with Crippen LogP contribution >= 0.6 is 0 Å². The van der Waals surface area contributed by atoms with Gasteiger partial charge in [-0.2, -0.15) is 0 Å². The van der Waals surface area contributed by atoms with Crippen molar-refractivity contribution in [1.29, 1.82) is 0 Å². The van der Waals surface area contributed by atoms with E-state index in [2.05, 4.69) is 5.32 Å². The van der Waals surface area contributed by atoms with E-state index in [1.54, 1.807) is 6.92 Å². The van der Waals surface area contributed by atoms with E-state index in [0.717, 1.165) is 0 Å². The Kier molecular flexibility index (Phi) is 4.74. The first-order chi connectivity index (χ1) is 6.70. The van der Waals surface area contributed by atoms with Gasteiger partial charge in [0.2, 0.25) is 5.91 Å². The second kappa shape index (κ2) is 5.11. The highest BCUT2D eigenvalue weighted by Gasteiger charge is 2.29. The van der Waals surface area contributed by atoms with Crippen molar-refractivity contribution >= 4 is 11.9 Å². The molecule has 2 atom stereocenters. The van der Waals surface area contributed by atoms with E-state index in [-0.39, 0.29) is 5.41 Å². The van der Waals surface area contributed by atoms with Crippen LogP contribution in [0, 0.1) is 5.41 Å². The van der Waals surface area contributed by atoms with Crippen LogP contribution in [-0.4, -0.2) is 29.1 Å². The molecular formula is C10H20N2O3. The average Bonchev–Trinajstić information content (AvgIpc) is 2.10. The fraction of sp³-hybridized carbons (Fsp3) is 0.800. The van der Waals surface area contributed by atoms with Gasteiger partial charge in [0.15, 0.2) is 0 Å². The van der Waals surface area contributed by atoms with Crippen LogP contribution in [0.25, 0.3) is 0 Å². The Labute approximate surface area is 90.0 Å². The van der Waals surface area contributed by atoms with Crippen molar-refractivity contribution < 1.29 is 14.7 Å². The van der Waals surface area contributed by atoms with Gasteiger partial charge in [-0.25, -0.2) is 4.79 Å². The zero-order chi connectivity index (χ0) is 12.2. The van der Waals surface area contributed by atoms with Crippen LogP contribution in [-0.2, 0) is 9.59 Å². The average molecular weight is 216 g/mol.